The summed E-state index contributed by atoms with van der Waals surface area (Å²) in [4.78, 5) is 11.7. The van der Waals surface area contributed by atoms with E-state index in [-0.39, 0.29) is 11.7 Å². The first-order valence-corrected chi connectivity index (χ1v) is 6.41. The maximum absolute atomic E-state index is 11.7. The zero-order valence-corrected chi connectivity index (χ0v) is 11.5. The standard InChI is InChI=1S/C17H15NO2/c1-12(2)20-17(19)16(11-18)10-13-7-8-14-5-3-4-6-15(14)9-13/h3-10,12H,1-2H3. The predicted octanol–water partition coefficient (Wildman–Crippen LogP) is 3.70. The zero-order valence-electron chi connectivity index (χ0n) is 11.5. The van der Waals surface area contributed by atoms with Gasteiger partial charge in [-0.05, 0) is 42.3 Å². The first kappa shape index (κ1) is 13.8. The maximum Gasteiger partial charge on any atom is 0.349 e. The van der Waals surface area contributed by atoms with E-state index in [1.807, 2.05) is 48.5 Å². The molecule has 0 spiro atoms. The highest BCUT2D eigenvalue weighted by Gasteiger charge is 2.12. The minimum Gasteiger partial charge on any atom is -0.459 e. The summed E-state index contributed by atoms with van der Waals surface area (Å²) in [5.41, 5.74) is 0.815. The van der Waals surface area contributed by atoms with Gasteiger partial charge in [0.1, 0.15) is 11.6 Å². The number of fused-ring (bicyclic) bond motifs is 1. The fourth-order valence-electron chi connectivity index (χ4n) is 1.88. The second-order valence-corrected chi connectivity index (χ2v) is 4.73. The number of rotatable bonds is 3. The highest BCUT2D eigenvalue weighted by molar-refractivity contribution is 5.98. The minimum absolute atomic E-state index is 0.00832. The highest BCUT2D eigenvalue weighted by Crippen LogP contribution is 2.18. The summed E-state index contributed by atoms with van der Waals surface area (Å²) in [7, 11) is 0. The molecule has 0 heterocycles. The molecule has 0 N–H and O–H groups in total. The van der Waals surface area contributed by atoms with Crippen LogP contribution in [0.4, 0.5) is 0 Å². The minimum atomic E-state index is -0.587. The first-order chi connectivity index (χ1) is 9.60. The molecule has 3 heteroatoms. The van der Waals surface area contributed by atoms with Gasteiger partial charge in [-0.1, -0.05) is 36.4 Å². The monoisotopic (exact) mass is 265 g/mol. The molecule has 2 aromatic carbocycles. The first-order valence-electron chi connectivity index (χ1n) is 6.41. The number of hydrogen-bond donors (Lipinski definition) is 0. The number of carbonyl (C=O) groups excluding carboxylic acids is 1. The number of hydrogen-bond acceptors (Lipinski definition) is 3. The molecule has 0 bridgehead atoms. The summed E-state index contributed by atoms with van der Waals surface area (Å²) in [6.07, 6.45) is 1.31. The molecule has 2 rings (SSSR count). The molecule has 0 saturated carbocycles. The van der Waals surface area contributed by atoms with Crippen LogP contribution in [-0.2, 0) is 9.53 Å². The molecule has 100 valence electrons. The van der Waals surface area contributed by atoms with Crippen LogP contribution in [0.25, 0.3) is 16.8 Å². The Bertz CT molecular complexity index is 708. The van der Waals surface area contributed by atoms with Crippen LogP contribution in [0.5, 0.6) is 0 Å². The molecule has 0 aromatic heterocycles. The molecule has 0 fully saturated rings. The van der Waals surface area contributed by atoms with Gasteiger partial charge in [0.25, 0.3) is 0 Å². The fourth-order valence-corrected chi connectivity index (χ4v) is 1.88. The third-order valence-electron chi connectivity index (χ3n) is 2.77. The van der Waals surface area contributed by atoms with Crippen molar-refractivity contribution >= 4 is 22.8 Å². The van der Waals surface area contributed by atoms with Crippen LogP contribution in [0, 0.1) is 11.3 Å². The third-order valence-corrected chi connectivity index (χ3v) is 2.77. The molecule has 0 aliphatic carbocycles. The van der Waals surface area contributed by atoms with E-state index in [0.29, 0.717) is 0 Å². The van der Waals surface area contributed by atoms with Gasteiger partial charge in [0, 0.05) is 0 Å². The lowest BCUT2D eigenvalue weighted by molar-refractivity contribution is -0.142. The molecule has 0 atom stereocenters. The number of benzene rings is 2. The fraction of sp³-hybridized carbons (Fsp3) is 0.176. The lowest BCUT2D eigenvalue weighted by atomic mass is 10.1. The molecule has 3 nitrogen and oxygen atoms in total. The van der Waals surface area contributed by atoms with Gasteiger partial charge < -0.3 is 4.74 Å². The quantitative estimate of drug-likeness (QED) is 0.483. The van der Waals surface area contributed by atoms with Crippen LogP contribution in [0.15, 0.2) is 48.0 Å². The lowest BCUT2D eigenvalue weighted by Crippen LogP contribution is -2.12. The average molecular weight is 265 g/mol. The van der Waals surface area contributed by atoms with E-state index in [4.69, 9.17) is 10.00 Å². The summed E-state index contributed by atoms with van der Waals surface area (Å²) >= 11 is 0. The van der Waals surface area contributed by atoms with Crippen molar-refractivity contribution in [2.45, 2.75) is 20.0 Å². The Hall–Kier alpha value is -2.60. The van der Waals surface area contributed by atoms with E-state index in [9.17, 15) is 4.79 Å². The van der Waals surface area contributed by atoms with Crippen molar-refractivity contribution in [3.05, 3.63) is 53.6 Å². The van der Waals surface area contributed by atoms with Gasteiger partial charge in [-0.25, -0.2) is 4.79 Å². The summed E-state index contributed by atoms with van der Waals surface area (Å²) < 4.78 is 5.03. The van der Waals surface area contributed by atoms with Crippen LogP contribution in [0.1, 0.15) is 19.4 Å². The van der Waals surface area contributed by atoms with Crippen LogP contribution in [-0.4, -0.2) is 12.1 Å². The van der Waals surface area contributed by atoms with Gasteiger partial charge in [-0.2, -0.15) is 5.26 Å². The second kappa shape index (κ2) is 6.03. The number of carbonyl (C=O) groups is 1. The Labute approximate surface area is 118 Å². The Kier molecular flexibility index (Phi) is 4.17. The van der Waals surface area contributed by atoms with E-state index in [2.05, 4.69) is 0 Å². The molecular weight excluding hydrogens is 250 g/mol. The molecule has 0 aliphatic rings. The van der Waals surface area contributed by atoms with Crippen molar-refractivity contribution in [1.82, 2.24) is 0 Å². The van der Waals surface area contributed by atoms with Gasteiger partial charge in [-0.3, -0.25) is 0 Å². The maximum atomic E-state index is 11.7. The average Bonchev–Trinajstić information content (AvgIpc) is 2.43. The van der Waals surface area contributed by atoms with E-state index >= 15 is 0 Å². The van der Waals surface area contributed by atoms with Gasteiger partial charge in [0.2, 0.25) is 0 Å². The molecule has 0 aliphatic heterocycles. The number of nitriles is 1. The number of ether oxygens (including phenoxy) is 1. The van der Waals surface area contributed by atoms with E-state index in [1.165, 1.54) is 0 Å². The Morgan fingerprint density at radius 3 is 2.55 bits per heavy atom. The van der Waals surface area contributed by atoms with Gasteiger partial charge in [0.15, 0.2) is 0 Å². The van der Waals surface area contributed by atoms with Gasteiger partial charge >= 0.3 is 5.97 Å². The smallest absolute Gasteiger partial charge is 0.349 e. The summed E-state index contributed by atoms with van der Waals surface area (Å²) in [5, 5.41) is 11.2. The SMILES string of the molecule is CC(C)OC(=O)C(C#N)=Cc1ccc2ccccc2c1. The third kappa shape index (κ3) is 3.24. The van der Waals surface area contributed by atoms with Crippen molar-refractivity contribution in [3.8, 4) is 6.07 Å². The topological polar surface area (TPSA) is 50.1 Å². The zero-order chi connectivity index (χ0) is 14.5. The van der Waals surface area contributed by atoms with Gasteiger partial charge in [-0.15, -0.1) is 0 Å². The van der Waals surface area contributed by atoms with Crippen LogP contribution in [0.3, 0.4) is 0 Å². The summed E-state index contributed by atoms with van der Waals surface area (Å²) in [6, 6.07) is 15.6. The molecule has 0 radical (unpaired) electrons. The molecule has 0 amide bonds. The predicted molar refractivity (Wildman–Crippen MR) is 78.8 cm³/mol. The molecule has 2 aromatic rings. The van der Waals surface area contributed by atoms with Crippen LogP contribution in [0.2, 0.25) is 0 Å². The van der Waals surface area contributed by atoms with E-state index in [1.54, 1.807) is 19.9 Å². The Balaban J connectivity index is 2.35. The summed E-state index contributed by atoms with van der Waals surface area (Å²) in [6.45, 7) is 3.51. The molecule has 0 saturated heterocycles. The van der Waals surface area contributed by atoms with Crippen molar-refractivity contribution in [3.63, 3.8) is 0 Å². The normalized spacial score (nSPS) is 11.4. The van der Waals surface area contributed by atoms with E-state index < -0.39 is 5.97 Å². The summed E-state index contributed by atoms with van der Waals surface area (Å²) in [5.74, 6) is -0.587. The Morgan fingerprint density at radius 2 is 1.90 bits per heavy atom. The number of esters is 1. The second-order valence-electron chi connectivity index (χ2n) is 4.73. The molecular formula is C17H15NO2. The van der Waals surface area contributed by atoms with Gasteiger partial charge in [0.05, 0.1) is 6.10 Å². The largest absolute Gasteiger partial charge is 0.459 e. The van der Waals surface area contributed by atoms with Crippen LogP contribution >= 0.6 is 0 Å². The van der Waals surface area contributed by atoms with Crippen molar-refractivity contribution in [2.24, 2.45) is 0 Å². The molecule has 0 unspecified atom stereocenters. The lowest BCUT2D eigenvalue weighted by Gasteiger charge is -2.06. The van der Waals surface area contributed by atoms with Crippen molar-refractivity contribution < 1.29 is 9.53 Å². The van der Waals surface area contributed by atoms with Crippen molar-refractivity contribution in [2.75, 3.05) is 0 Å². The molecule has 20 heavy (non-hydrogen) atoms. The van der Waals surface area contributed by atoms with Crippen LogP contribution < -0.4 is 0 Å². The van der Waals surface area contributed by atoms with Crippen molar-refractivity contribution in [1.29, 1.82) is 5.26 Å². The number of nitrogens with zero attached hydrogens (tertiary/aromatic N) is 1. The highest BCUT2D eigenvalue weighted by atomic mass is 16.5. The van der Waals surface area contributed by atoms with E-state index in [0.717, 1.165) is 16.3 Å². The Morgan fingerprint density at radius 1 is 1.20 bits per heavy atom.